The zero-order valence-electron chi connectivity index (χ0n) is 19.8. The van der Waals surface area contributed by atoms with Crippen molar-refractivity contribution in [1.29, 1.82) is 0 Å². The van der Waals surface area contributed by atoms with Crippen LogP contribution in [-0.2, 0) is 15.1 Å². The van der Waals surface area contributed by atoms with Crippen molar-refractivity contribution >= 4 is 23.4 Å². The van der Waals surface area contributed by atoms with Gasteiger partial charge in [0.1, 0.15) is 11.2 Å². The largest absolute Gasteiger partial charge is 0.356 e. The zero-order valence-corrected chi connectivity index (χ0v) is 19.8. The number of fused-ring (bicyclic) bond motifs is 4. The van der Waals surface area contributed by atoms with Crippen molar-refractivity contribution < 1.29 is 23.2 Å². The van der Waals surface area contributed by atoms with Crippen molar-refractivity contribution in [2.45, 2.75) is 43.7 Å². The number of carbonyl (C=O) groups is 3. The first kappa shape index (κ1) is 23.1. The number of benzene rings is 1. The standard InChI is InChI=1S/C25H28F2N6O3/c26-21(27)18-14-19(30-29-18)23(35)31-9-4-8-28-22(34)17-13-15-5-3-10-33(15)25(17)16-6-1-2-7-20(16)32(12-11-31)24(25)36/h1-2,6-7,14-15,17,21H,3-5,8-13H2,(H,28,34)(H,29,30)/t15-,17-,25+/m0/s1. The molecule has 2 bridgehead atoms. The van der Waals surface area contributed by atoms with Crippen LogP contribution < -0.4 is 10.2 Å². The molecule has 0 radical (unpaired) electrons. The Hall–Kier alpha value is -3.34. The van der Waals surface area contributed by atoms with Crippen LogP contribution in [-0.4, -0.2) is 76.5 Å². The van der Waals surface area contributed by atoms with Crippen molar-refractivity contribution in [3.63, 3.8) is 0 Å². The van der Waals surface area contributed by atoms with Gasteiger partial charge in [-0.05, 0) is 44.4 Å². The van der Waals surface area contributed by atoms with Gasteiger partial charge in [0.05, 0.1) is 5.92 Å². The number of halogens is 2. The number of alkyl halides is 2. The molecule has 11 heteroatoms. The molecular weight excluding hydrogens is 470 g/mol. The van der Waals surface area contributed by atoms with Crippen LogP contribution in [0, 0.1) is 5.92 Å². The third-order valence-corrected chi connectivity index (χ3v) is 8.17. The lowest BCUT2D eigenvalue weighted by atomic mass is 9.78. The van der Waals surface area contributed by atoms with Gasteiger partial charge in [0, 0.05) is 43.5 Å². The maximum Gasteiger partial charge on any atom is 0.279 e. The topological polar surface area (TPSA) is 102 Å². The monoisotopic (exact) mass is 498 g/mol. The van der Waals surface area contributed by atoms with E-state index in [-0.39, 0.29) is 36.6 Å². The Morgan fingerprint density at radius 1 is 1.11 bits per heavy atom. The molecule has 1 aromatic heterocycles. The van der Waals surface area contributed by atoms with Crippen LogP contribution >= 0.6 is 0 Å². The molecule has 1 spiro atoms. The van der Waals surface area contributed by atoms with Crippen LogP contribution in [0.5, 0.6) is 0 Å². The molecule has 190 valence electrons. The number of hydrogen-bond donors (Lipinski definition) is 2. The molecule has 4 aliphatic rings. The van der Waals surface area contributed by atoms with E-state index in [0.717, 1.165) is 36.7 Å². The van der Waals surface area contributed by atoms with Gasteiger partial charge in [0.25, 0.3) is 18.2 Å². The Morgan fingerprint density at radius 2 is 1.94 bits per heavy atom. The second-order valence-corrected chi connectivity index (χ2v) is 9.96. The van der Waals surface area contributed by atoms with Crippen molar-refractivity contribution in [3.05, 3.63) is 47.3 Å². The molecular formula is C25H28F2N6O3. The van der Waals surface area contributed by atoms with E-state index in [1.807, 2.05) is 24.3 Å². The van der Waals surface area contributed by atoms with Gasteiger partial charge in [-0.25, -0.2) is 8.78 Å². The number of carbonyl (C=O) groups excluding carboxylic acids is 3. The fourth-order valence-corrected chi connectivity index (χ4v) is 6.64. The second kappa shape index (κ2) is 8.65. The lowest BCUT2D eigenvalue weighted by molar-refractivity contribution is -0.139. The van der Waals surface area contributed by atoms with Crippen LogP contribution in [0.15, 0.2) is 30.3 Å². The highest BCUT2D eigenvalue weighted by atomic mass is 19.3. The average molecular weight is 499 g/mol. The molecule has 36 heavy (non-hydrogen) atoms. The minimum Gasteiger partial charge on any atom is -0.356 e. The summed E-state index contributed by atoms with van der Waals surface area (Å²) in [4.78, 5) is 46.4. The average Bonchev–Trinajstić information content (AvgIpc) is 3.63. The highest BCUT2D eigenvalue weighted by molar-refractivity contribution is 6.11. The lowest BCUT2D eigenvalue weighted by Gasteiger charge is -2.37. The van der Waals surface area contributed by atoms with Crippen molar-refractivity contribution in [3.8, 4) is 0 Å². The minimum atomic E-state index is -2.76. The fourth-order valence-electron chi connectivity index (χ4n) is 6.64. The number of nitrogens with one attached hydrogen (secondary N) is 2. The molecule has 1 aromatic carbocycles. The van der Waals surface area contributed by atoms with E-state index in [2.05, 4.69) is 20.4 Å². The summed E-state index contributed by atoms with van der Waals surface area (Å²) in [6, 6.07) is 8.88. The van der Waals surface area contributed by atoms with Crippen LogP contribution in [0.2, 0.25) is 0 Å². The number of amides is 3. The van der Waals surface area contributed by atoms with Gasteiger partial charge >= 0.3 is 0 Å². The molecule has 4 aliphatic heterocycles. The number of aromatic nitrogens is 2. The third kappa shape index (κ3) is 3.28. The Morgan fingerprint density at radius 3 is 2.75 bits per heavy atom. The smallest absolute Gasteiger partial charge is 0.279 e. The van der Waals surface area contributed by atoms with Gasteiger partial charge in [-0.3, -0.25) is 24.4 Å². The van der Waals surface area contributed by atoms with E-state index >= 15 is 0 Å². The lowest BCUT2D eigenvalue weighted by Crippen LogP contribution is -2.57. The predicted molar refractivity (Wildman–Crippen MR) is 125 cm³/mol. The molecule has 2 N–H and O–H groups in total. The molecule has 3 fully saturated rings. The van der Waals surface area contributed by atoms with E-state index in [1.54, 1.807) is 4.90 Å². The fraction of sp³-hybridized carbons (Fsp3) is 0.520. The first-order valence-corrected chi connectivity index (χ1v) is 12.5. The Bertz CT molecular complexity index is 1220. The summed E-state index contributed by atoms with van der Waals surface area (Å²) in [5.41, 5.74) is 0.0640. The maximum absolute atomic E-state index is 14.3. The third-order valence-electron chi connectivity index (χ3n) is 8.17. The predicted octanol–water partition coefficient (Wildman–Crippen LogP) is 2.04. The van der Waals surface area contributed by atoms with E-state index in [9.17, 15) is 23.2 Å². The normalized spacial score (nSPS) is 28.4. The molecule has 3 saturated heterocycles. The first-order chi connectivity index (χ1) is 17.4. The summed E-state index contributed by atoms with van der Waals surface area (Å²) in [5.74, 6) is -1.23. The molecule has 0 saturated carbocycles. The molecule has 3 atom stereocenters. The van der Waals surface area contributed by atoms with Crippen LogP contribution in [0.1, 0.15) is 53.9 Å². The van der Waals surface area contributed by atoms with Crippen molar-refractivity contribution in [2.75, 3.05) is 37.6 Å². The number of aromatic amines is 1. The van der Waals surface area contributed by atoms with Crippen LogP contribution in [0.4, 0.5) is 14.5 Å². The summed E-state index contributed by atoms with van der Waals surface area (Å²) in [5, 5.41) is 9.01. The summed E-state index contributed by atoms with van der Waals surface area (Å²) in [6.07, 6.45) is 0.341. The molecule has 0 aliphatic carbocycles. The SMILES string of the molecule is O=C1NCCCN(C(=O)c2cc(C(F)F)[nH]n2)CCN2C(=O)[C@@]3(c4ccccc42)[C@H]1C[C@@H]1CCCN13. The van der Waals surface area contributed by atoms with Gasteiger partial charge in [-0.15, -0.1) is 0 Å². The minimum absolute atomic E-state index is 0.0955. The summed E-state index contributed by atoms with van der Waals surface area (Å²) < 4.78 is 26.0. The van der Waals surface area contributed by atoms with E-state index < -0.39 is 29.5 Å². The molecule has 5 heterocycles. The number of H-pyrrole nitrogens is 1. The quantitative estimate of drug-likeness (QED) is 0.660. The van der Waals surface area contributed by atoms with E-state index in [1.165, 1.54) is 4.90 Å². The number of hydrogen-bond acceptors (Lipinski definition) is 5. The molecule has 3 amide bonds. The molecule has 0 unspecified atom stereocenters. The van der Waals surface area contributed by atoms with Gasteiger partial charge in [-0.2, -0.15) is 5.10 Å². The van der Waals surface area contributed by atoms with Crippen molar-refractivity contribution in [2.24, 2.45) is 5.92 Å². The zero-order chi connectivity index (χ0) is 25.0. The Balaban J connectivity index is 1.37. The van der Waals surface area contributed by atoms with Gasteiger partial charge < -0.3 is 15.1 Å². The number of anilines is 1. The van der Waals surface area contributed by atoms with Gasteiger partial charge in [-0.1, -0.05) is 18.2 Å². The molecule has 2 aromatic rings. The maximum atomic E-state index is 14.3. The Labute approximate surface area is 206 Å². The summed E-state index contributed by atoms with van der Waals surface area (Å²) in [6.45, 7) is 1.86. The summed E-state index contributed by atoms with van der Waals surface area (Å²) >= 11 is 0. The molecule has 9 nitrogen and oxygen atoms in total. The number of nitrogens with zero attached hydrogens (tertiary/aromatic N) is 4. The first-order valence-electron chi connectivity index (χ1n) is 12.5. The molecule has 6 rings (SSSR count). The van der Waals surface area contributed by atoms with Crippen LogP contribution in [0.3, 0.4) is 0 Å². The summed E-state index contributed by atoms with van der Waals surface area (Å²) in [7, 11) is 0. The van der Waals surface area contributed by atoms with E-state index in [0.29, 0.717) is 25.9 Å². The number of rotatable bonds is 2. The number of para-hydroxylation sites is 1. The van der Waals surface area contributed by atoms with Gasteiger partial charge in [0.2, 0.25) is 5.91 Å². The van der Waals surface area contributed by atoms with Crippen molar-refractivity contribution in [1.82, 2.24) is 25.3 Å². The van der Waals surface area contributed by atoms with Crippen LogP contribution in [0.25, 0.3) is 0 Å². The Kier molecular flexibility index (Phi) is 5.55. The van der Waals surface area contributed by atoms with Gasteiger partial charge in [0.15, 0.2) is 5.69 Å². The van der Waals surface area contributed by atoms with E-state index in [4.69, 9.17) is 0 Å². The highest BCUT2D eigenvalue weighted by Crippen LogP contribution is 2.57. The second-order valence-electron chi connectivity index (χ2n) is 9.96. The highest BCUT2D eigenvalue weighted by Gasteiger charge is 2.67.